The Morgan fingerprint density at radius 3 is 3.06 bits per heavy atom. The molecule has 2 rings (SSSR count). The zero-order valence-corrected chi connectivity index (χ0v) is 11.3. The maximum Gasteiger partial charge on any atom is 0.271 e. The van der Waals surface area contributed by atoms with Crippen molar-refractivity contribution in [2.24, 2.45) is 5.92 Å². The van der Waals surface area contributed by atoms with Crippen molar-refractivity contribution < 1.29 is 9.53 Å². The average Bonchev–Trinajstić information content (AvgIpc) is 2.97. The summed E-state index contributed by atoms with van der Waals surface area (Å²) in [7, 11) is 1.85. The van der Waals surface area contributed by atoms with E-state index in [2.05, 4.69) is 5.10 Å². The van der Waals surface area contributed by atoms with E-state index in [0.717, 1.165) is 26.2 Å². The molecule has 1 atom stereocenters. The van der Waals surface area contributed by atoms with Crippen molar-refractivity contribution in [1.29, 1.82) is 0 Å². The van der Waals surface area contributed by atoms with Crippen LogP contribution >= 0.6 is 0 Å². The molecule has 5 heteroatoms. The van der Waals surface area contributed by atoms with Crippen LogP contribution in [0.1, 0.15) is 36.8 Å². The van der Waals surface area contributed by atoms with Crippen LogP contribution in [-0.4, -0.2) is 47.4 Å². The van der Waals surface area contributed by atoms with Gasteiger partial charge < -0.3 is 9.64 Å². The summed E-state index contributed by atoms with van der Waals surface area (Å²) < 4.78 is 7.10. The molecule has 1 fully saturated rings. The van der Waals surface area contributed by atoms with Crippen LogP contribution in [0.2, 0.25) is 0 Å². The van der Waals surface area contributed by atoms with Gasteiger partial charge in [-0.1, -0.05) is 0 Å². The Morgan fingerprint density at radius 2 is 2.44 bits per heavy atom. The van der Waals surface area contributed by atoms with Gasteiger partial charge >= 0.3 is 0 Å². The van der Waals surface area contributed by atoms with Crippen LogP contribution in [0.15, 0.2) is 12.3 Å². The first-order chi connectivity index (χ1) is 8.59. The molecule has 0 unspecified atom stereocenters. The van der Waals surface area contributed by atoms with Crippen molar-refractivity contribution >= 4 is 5.91 Å². The summed E-state index contributed by atoms with van der Waals surface area (Å²) in [5.41, 5.74) is 0.659. The Bertz CT molecular complexity index is 408. The highest BCUT2D eigenvalue weighted by Gasteiger charge is 2.23. The first-order valence-electron chi connectivity index (χ1n) is 6.46. The number of aromatic nitrogens is 2. The minimum absolute atomic E-state index is 0.0353. The van der Waals surface area contributed by atoms with Crippen LogP contribution in [0.25, 0.3) is 0 Å². The Balaban J connectivity index is 2.03. The molecule has 1 saturated heterocycles. The number of carbonyl (C=O) groups is 1. The summed E-state index contributed by atoms with van der Waals surface area (Å²) in [6, 6.07) is 1.98. The molecule has 1 aliphatic heterocycles. The lowest BCUT2D eigenvalue weighted by Crippen LogP contribution is -2.33. The minimum atomic E-state index is 0.0353. The van der Waals surface area contributed by atoms with Crippen molar-refractivity contribution in [3.63, 3.8) is 0 Å². The van der Waals surface area contributed by atoms with E-state index in [0.29, 0.717) is 11.6 Å². The second-order valence-corrected chi connectivity index (χ2v) is 5.17. The number of hydrogen-bond acceptors (Lipinski definition) is 3. The zero-order valence-electron chi connectivity index (χ0n) is 11.3. The van der Waals surface area contributed by atoms with Gasteiger partial charge in [0, 0.05) is 38.4 Å². The van der Waals surface area contributed by atoms with Gasteiger partial charge in [-0.3, -0.25) is 9.48 Å². The van der Waals surface area contributed by atoms with E-state index in [1.807, 2.05) is 20.9 Å². The molecule has 100 valence electrons. The molecular weight excluding hydrogens is 230 g/mol. The van der Waals surface area contributed by atoms with E-state index in [1.165, 1.54) is 0 Å². The zero-order chi connectivity index (χ0) is 13.1. The molecule has 0 spiro atoms. The van der Waals surface area contributed by atoms with Crippen molar-refractivity contribution in [2.45, 2.75) is 26.3 Å². The normalized spacial score (nSPS) is 19.4. The fourth-order valence-corrected chi connectivity index (χ4v) is 2.29. The van der Waals surface area contributed by atoms with Crippen molar-refractivity contribution in [3.8, 4) is 0 Å². The second-order valence-electron chi connectivity index (χ2n) is 5.17. The number of amides is 1. The van der Waals surface area contributed by atoms with Crippen LogP contribution in [0.4, 0.5) is 0 Å². The van der Waals surface area contributed by atoms with Gasteiger partial charge in [-0.25, -0.2) is 0 Å². The third kappa shape index (κ3) is 2.72. The molecular formula is C13H21N3O2. The van der Waals surface area contributed by atoms with Crippen molar-refractivity contribution in [1.82, 2.24) is 14.7 Å². The predicted molar refractivity (Wildman–Crippen MR) is 68.5 cm³/mol. The Labute approximate surface area is 108 Å². The van der Waals surface area contributed by atoms with Crippen LogP contribution < -0.4 is 0 Å². The smallest absolute Gasteiger partial charge is 0.271 e. The lowest BCUT2D eigenvalue weighted by atomic mass is 10.1. The molecule has 1 aliphatic rings. The summed E-state index contributed by atoms with van der Waals surface area (Å²) in [4.78, 5) is 14.1. The highest BCUT2D eigenvalue weighted by Crippen LogP contribution is 2.15. The van der Waals surface area contributed by atoms with Gasteiger partial charge in [0.05, 0.1) is 6.61 Å². The van der Waals surface area contributed by atoms with E-state index in [1.54, 1.807) is 21.8 Å². The van der Waals surface area contributed by atoms with Gasteiger partial charge in [0.1, 0.15) is 5.69 Å². The molecule has 18 heavy (non-hydrogen) atoms. The molecule has 0 aromatic carbocycles. The quantitative estimate of drug-likeness (QED) is 0.816. The number of rotatable bonds is 4. The minimum Gasteiger partial charge on any atom is -0.381 e. The average molecular weight is 251 g/mol. The van der Waals surface area contributed by atoms with E-state index in [9.17, 15) is 4.79 Å². The molecule has 2 heterocycles. The maximum atomic E-state index is 12.3. The SMILES string of the molecule is CC(C)n1nccc1C(=O)N(C)C[C@@H]1CCOC1. The molecule has 0 radical (unpaired) electrons. The summed E-state index contributed by atoms with van der Waals surface area (Å²) in [6.07, 6.45) is 2.72. The number of hydrogen-bond donors (Lipinski definition) is 0. The standard InChI is InChI=1S/C13H21N3O2/c1-10(2)16-12(4-6-14-16)13(17)15(3)8-11-5-7-18-9-11/h4,6,10-11H,5,7-9H2,1-3H3/t11-/m0/s1. The molecule has 0 saturated carbocycles. The summed E-state index contributed by atoms with van der Waals surface area (Å²) in [6.45, 7) is 6.38. The molecule has 0 N–H and O–H groups in total. The Kier molecular flexibility index (Phi) is 4.01. The fraction of sp³-hybridized carbons (Fsp3) is 0.692. The molecule has 1 amide bonds. The van der Waals surface area contributed by atoms with Gasteiger partial charge in [-0.05, 0) is 26.3 Å². The highest BCUT2D eigenvalue weighted by atomic mass is 16.5. The maximum absolute atomic E-state index is 12.3. The van der Waals surface area contributed by atoms with Crippen LogP contribution in [0.5, 0.6) is 0 Å². The van der Waals surface area contributed by atoms with E-state index in [4.69, 9.17) is 4.74 Å². The Morgan fingerprint density at radius 1 is 1.67 bits per heavy atom. The number of nitrogens with zero attached hydrogens (tertiary/aromatic N) is 3. The second kappa shape index (κ2) is 5.52. The molecule has 0 aliphatic carbocycles. The van der Waals surface area contributed by atoms with Crippen LogP contribution in [-0.2, 0) is 4.74 Å². The van der Waals surface area contributed by atoms with Crippen LogP contribution in [0.3, 0.4) is 0 Å². The Hall–Kier alpha value is -1.36. The fourth-order valence-electron chi connectivity index (χ4n) is 2.29. The molecule has 0 bridgehead atoms. The number of ether oxygens (including phenoxy) is 1. The van der Waals surface area contributed by atoms with Crippen LogP contribution in [0, 0.1) is 5.92 Å². The topological polar surface area (TPSA) is 47.4 Å². The predicted octanol–water partition coefficient (Wildman–Crippen LogP) is 1.57. The van der Waals surface area contributed by atoms with E-state index < -0.39 is 0 Å². The summed E-state index contributed by atoms with van der Waals surface area (Å²) in [5, 5.41) is 4.20. The van der Waals surface area contributed by atoms with Gasteiger partial charge in [0.25, 0.3) is 5.91 Å². The number of carbonyl (C=O) groups excluding carboxylic acids is 1. The molecule has 1 aromatic rings. The van der Waals surface area contributed by atoms with Gasteiger partial charge in [0.15, 0.2) is 0 Å². The summed E-state index contributed by atoms with van der Waals surface area (Å²) in [5.74, 6) is 0.502. The first kappa shape index (κ1) is 13.1. The summed E-state index contributed by atoms with van der Waals surface area (Å²) >= 11 is 0. The van der Waals surface area contributed by atoms with E-state index in [-0.39, 0.29) is 11.9 Å². The van der Waals surface area contributed by atoms with Crippen molar-refractivity contribution in [2.75, 3.05) is 26.8 Å². The third-order valence-corrected chi connectivity index (χ3v) is 3.28. The van der Waals surface area contributed by atoms with E-state index >= 15 is 0 Å². The van der Waals surface area contributed by atoms with Gasteiger partial charge in [-0.2, -0.15) is 5.10 Å². The largest absolute Gasteiger partial charge is 0.381 e. The monoisotopic (exact) mass is 251 g/mol. The highest BCUT2D eigenvalue weighted by molar-refractivity contribution is 5.92. The lowest BCUT2D eigenvalue weighted by molar-refractivity contribution is 0.0751. The van der Waals surface area contributed by atoms with Crippen molar-refractivity contribution in [3.05, 3.63) is 18.0 Å². The van der Waals surface area contributed by atoms with Gasteiger partial charge in [0.2, 0.25) is 0 Å². The molecule has 1 aromatic heterocycles. The lowest BCUT2D eigenvalue weighted by Gasteiger charge is -2.21. The van der Waals surface area contributed by atoms with Gasteiger partial charge in [-0.15, -0.1) is 0 Å². The third-order valence-electron chi connectivity index (χ3n) is 3.28. The molecule has 5 nitrogen and oxygen atoms in total. The first-order valence-corrected chi connectivity index (χ1v) is 6.46.